The van der Waals surface area contributed by atoms with Crippen molar-refractivity contribution < 1.29 is 22.0 Å². The van der Waals surface area contributed by atoms with Gasteiger partial charge in [0.05, 0.1) is 12.2 Å². The average molecular weight is 446 g/mol. The highest BCUT2D eigenvalue weighted by Crippen LogP contribution is 2.32. The van der Waals surface area contributed by atoms with Crippen LogP contribution in [0.1, 0.15) is 11.5 Å². The van der Waals surface area contributed by atoms with Crippen LogP contribution in [0.15, 0.2) is 82.4 Å². The van der Waals surface area contributed by atoms with E-state index in [-0.39, 0.29) is 11.7 Å². The summed E-state index contributed by atoms with van der Waals surface area (Å²) in [6, 6.07) is 16.6. The molecule has 0 aliphatic carbocycles. The van der Waals surface area contributed by atoms with E-state index in [0.29, 0.717) is 17.8 Å². The van der Waals surface area contributed by atoms with Crippen LogP contribution in [-0.2, 0) is 12.7 Å². The monoisotopic (exact) mass is 446 g/mol. The number of hydrogen-bond donors (Lipinski definition) is 0. The fraction of sp³-hybridized carbons (Fsp3) is 0.0952. The van der Waals surface area contributed by atoms with Crippen molar-refractivity contribution in [1.82, 2.24) is 15.2 Å². The highest BCUT2D eigenvalue weighted by atomic mass is 32.2. The predicted octanol–water partition coefficient (Wildman–Crippen LogP) is 6.00. The van der Waals surface area contributed by atoms with E-state index < -0.39 is 12.1 Å². The van der Waals surface area contributed by atoms with Crippen molar-refractivity contribution in [2.45, 2.75) is 17.6 Å². The second-order valence-electron chi connectivity index (χ2n) is 6.40. The summed E-state index contributed by atoms with van der Waals surface area (Å²) in [5.74, 6) is -1.97. The summed E-state index contributed by atoms with van der Waals surface area (Å²) in [7, 11) is 0. The minimum Gasteiger partial charge on any atom is -0.413 e. The number of nitrogens with zero attached hydrogens (tertiary/aromatic N) is 4. The van der Waals surface area contributed by atoms with Crippen LogP contribution in [0.3, 0.4) is 0 Å². The first kappa shape index (κ1) is 20.9. The van der Waals surface area contributed by atoms with Crippen LogP contribution in [0.5, 0.6) is 0 Å². The summed E-state index contributed by atoms with van der Waals surface area (Å²) < 4.78 is 58.4. The normalized spacial score (nSPS) is 11.5. The zero-order valence-electron chi connectivity index (χ0n) is 15.8. The molecule has 0 N–H and O–H groups in total. The summed E-state index contributed by atoms with van der Waals surface area (Å²) in [6.07, 6.45) is -1.33. The van der Waals surface area contributed by atoms with E-state index in [2.05, 4.69) is 15.2 Å². The van der Waals surface area contributed by atoms with Crippen LogP contribution in [0.25, 0.3) is 11.5 Å². The van der Waals surface area contributed by atoms with E-state index in [9.17, 15) is 17.6 Å². The second-order valence-corrected chi connectivity index (χ2v) is 7.50. The van der Waals surface area contributed by atoms with Crippen LogP contribution in [0, 0.1) is 5.82 Å². The largest absolute Gasteiger partial charge is 0.470 e. The molecule has 0 aliphatic rings. The molecule has 10 heteroatoms. The Hall–Kier alpha value is -3.40. The Labute approximate surface area is 178 Å². The first-order chi connectivity index (χ1) is 14.9. The number of rotatable bonds is 6. The Morgan fingerprint density at radius 1 is 0.968 bits per heavy atom. The first-order valence-electron chi connectivity index (χ1n) is 8.99. The van der Waals surface area contributed by atoms with Crippen molar-refractivity contribution in [3.63, 3.8) is 0 Å². The van der Waals surface area contributed by atoms with Crippen LogP contribution in [0.4, 0.5) is 23.2 Å². The highest BCUT2D eigenvalue weighted by Gasteiger charge is 2.38. The van der Waals surface area contributed by atoms with E-state index in [1.807, 2.05) is 10.4 Å². The predicted molar refractivity (Wildman–Crippen MR) is 107 cm³/mol. The number of halogens is 4. The van der Waals surface area contributed by atoms with Crippen molar-refractivity contribution in [3.8, 4) is 11.5 Å². The molecule has 0 bridgehead atoms. The third-order valence-electron chi connectivity index (χ3n) is 4.14. The molecular weight excluding hydrogens is 432 g/mol. The van der Waals surface area contributed by atoms with Gasteiger partial charge >= 0.3 is 12.1 Å². The highest BCUT2D eigenvalue weighted by molar-refractivity contribution is 8.00. The van der Waals surface area contributed by atoms with Crippen LogP contribution in [0.2, 0.25) is 0 Å². The van der Waals surface area contributed by atoms with Gasteiger partial charge in [-0.05, 0) is 60.0 Å². The molecule has 0 unspecified atom stereocenters. The van der Waals surface area contributed by atoms with Gasteiger partial charge in [0.1, 0.15) is 5.82 Å². The summed E-state index contributed by atoms with van der Waals surface area (Å²) in [6.45, 7) is 0.404. The third kappa shape index (κ3) is 5.21. The smallest absolute Gasteiger partial charge is 0.413 e. The number of hydrogen-bond acceptors (Lipinski definition) is 6. The molecule has 0 amide bonds. The molecule has 0 aliphatic heterocycles. The molecule has 0 saturated heterocycles. The summed E-state index contributed by atoms with van der Waals surface area (Å²) in [5.41, 5.74) is 1.87. The number of aromatic nitrogens is 3. The zero-order chi connectivity index (χ0) is 21.8. The molecule has 4 aromatic rings. The minimum atomic E-state index is -4.69. The van der Waals surface area contributed by atoms with Gasteiger partial charge in [-0.1, -0.05) is 18.2 Å². The lowest BCUT2D eigenvalue weighted by Crippen LogP contribution is -2.14. The number of alkyl halides is 3. The molecule has 0 spiro atoms. The van der Waals surface area contributed by atoms with E-state index in [1.165, 1.54) is 24.1 Å². The summed E-state index contributed by atoms with van der Waals surface area (Å²) in [4.78, 5) is 4.96. The van der Waals surface area contributed by atoms with Crippen LogP contribution >= 0.6 is 11.9 Å². The maximum Gasteiger partial charge on any atom is 0.470 e. The van der Waals surface area contributed by atoms with Crippen molar-refractivity contribution in [2.24, 2.45) is 0 Å². The molecule has 4 rings (SSSR count). The van der Waals surface area contributed by atoms with Crippen LogP contribution in [-0.4, -0.2) is 15.2 Å². The second kappa shape index (κ2) is 8.76. The molecule has 0 atom stereocenters. The van der Waals surface area contributed by atoms with Gasteiger partial charge in [0.25, 0.3) is 0 Å². The minimum absolute atomic E-state index is 0.217. The van der Waals surface area contributed by atoms with E-state index in [1.54, 1.807) is 54.9 Å². The van der Waals surface area contributed by atoms with E-state index in [0.717, 1.165) is 10.5 Å². The van der Waals surface area contributed by atoms with Gasteiger partial charge in [-0.15, -0.1) is 10.2 Å². The van der Waals surface area contributed by atoms with E-state index >= 15 is 0 Å². The first-order valence-corrected chi connectivity index (χ1v) is 9.77. The molecule has 0 fully saturated rings. The fourth-order valence-electron chi connectivity index (χ4n) is 2.71. The van der Waals surface area contributed by atoms with Crippen LogP contribution < -0.4 is 4.31 Å². The summed E-state index contributed by atoms with van der Waals surface area (Å²) in [5, 5.41) is 6.49. The van der Waals surface area contributed by atoms with Gasteiger partial charge in [0, 0.05) is 22.9 Å². The Bertz CT molecular complexity index is 1150. The van der Waals surface area contributed by atoms with Gasteiger partial charge in [-0.2, -0.15) is 13.2 Å². The van der Waals surface area contributed by atoms with E-state index in [4.69, 9.17) is 4.42 Å². The standard InChI is InChI=1S/C21H14F4N4OS/c22-16-3-1-4-17(11-16)29(31-18-5-2-10-26-12-18)13-14-6-8-15(9-7-14)19-27-28-20(30-19)21(23,24)25/h1-12H,13H2. The average Bonchev–Trinajstić information content (AvgIpc) is 3.26. The summed E-state index contributed by atoms with van der Waals surface area (Å²) >= 11 is 1.39. The molecule has 158 valence electrons. The molecule has 31 heavy (non-hydrogen) atoms. The van der Waals surface area contributed by atoms with Crippen molar-refractivity contribution in [3.05, 3.63) is 90.3 Å². The maximum absolute atomic E-state index is 13.8. The lowest BCUT2D eigenvalue weighted by molar-refractivity contribution is -0.156. The Balaban J connectivity index is 1.56. The molecule has 0 radical (unpaired) electrons. The molecular formula is C21H14F4N4OS. The third-order valence-corrected chi connectivity index (χ3v) is 5.15. The lowest BCUT2D eigenvalue weighted by Gasteiger charge is -2.23. The number of anilines is 1. The SMILES string of the molecule is Fc1cccc(N(Cc2ccc(-c3nnc(C(F)(F)F)o3)cc2)Sc2cccnc2)c1. The topological polar surface area (TPSA) is 55.1 Å². The molecule has 0 saturated carbocycles. The van der Waals surface area contributed by atoms with Gasteiger partial charge in [0.15, 0.2) is 0 Å². The molecule has 2 aromatic carbocycles. The fourth-order valence-corrected chi connectivity index (χ4v) is 3.64. The Morgan fingerprint density at radius 2 is 1.77 bits per heavy atom. The Kier molecular flexibility index (Phi) is 5.90. The quantitative estimate of drug-likeness (QED) is 0.267. The molecule has 2 aromatic heterocycles. The zero-order valence-corrected chi connectivity index (χ0v) is 16.6. The Morgan fingerprint density at radius 3 is 2.42 bits per heavy atom. The molecule has 2 heterocycles. The lowest BCUT2D eigenvalue weighted by atomic mass is 10.1. The van der Waals surface area contributed by atoms with Gasteiger partial charge in [-0.3, -0.25) is 4.98 Å². The van der Waals surface area contributed by atoms with Gasteiger partial charge in [0.2, 0.25) is 5.89 Å². The van der Waals surface area contributed by atoms with Crippen molar-refractivity contribution in [2.75, 3.05) is 4.31 Å². The van der Waals surface area contributed by atoms with Crippen molar-refractivity contribution >= 4 is 17.6 Å². The number of pyridine rings is 1. The van der Waals surface area contributed by atoms with Crippen molar-refractivity contribution in [1.29, 1.82) is 0 Å². The molecule has 5 nitrogen and oxygen atoms in total. The maximum atomic E-state index is 13.8. The van der Waals surface area contributed by atoms with Gasteiger partial charge < -0.3 is 8.72 Å². The number of benzene rings is 2. The van der Waals surface area contributed by atoms with Gasteiger partial charge in [-0.25, -0.2) is 4.39 Å².